The van der Waals surface area contributed by atoms with Gasteiger partial charge >= 0.3 is 0 Å². The first kappa shape index (κ1) is 16.3. The fourth-order valence-electron chi connectivity index (χ4n) is 3.06. The minimum absolute atomic E-state index is 0.0703. The Morgan fingerprint density at radius 2 is 2.12 bits per heavy atom. The number of aryl methyl sites for hydroxylation is 1. The summed E-state index contributed by atoms with van der Waals surface area (Å²) in [5.41, 5.74) is 6.07. The third-order valence-electron chi connectivity index (χ3n) is 4.35. The van der Waals surface area contributed by atoms with E-state index in [2.05, 4.69) is 43.1 Å². The van der Waals surface area contributed by atoms with Crippen molar-refractivity contribution in [1.29, 1.82) is 0 Å². The molecule has 2 aromatic rings. The fraction of sp³-hybridized carbons (Fsp3) is 0.250. The van der Waals surface area contributed by atoms with Crippen LogP contribution < -0.4 is 10.1 Å². The Labute approximate surface area is 141 Å². The molecule has 1 aliphatic rings. The SMILES string of the molecule is C=CC(=O)NCc1cc(-c2ccc(C)cc2)c2c(c1CO)CCO2. The van der Waals surface area contributed by atoms with E-state index in [0.29, 0.717) is 13.2 Å². The van der Waals surface area contributed by atoms with Crippen LogP contribution in [0.2, 0.25) is 0 Å². The van der Waals surface area contributed by atoms with Crippen molar-refractivity contribution >= 4 is 5.91 Å². The van der Waals surface area contributed by atoms with Gasteiger partial charge in [0.1, 0.15) is 5.75 Å². The third-order valence-corrected chi connectivity index (χ3v) is 4.35. The average Bonchev–Trinajstić information content (AvgIpc) is 3.08. The van der Waals surface area contributed by atoms with Crippen LogP contribution in [0.15, 0.2) is 43.0 Å². The highest BCUT2D eigenvalue weighted by Gasteiger charge is 2.23. The molecule has 0 spiro atoms. The Balaban J connectivity index is 2.08. The molecule has 4 heteroatoms. The first-order valence-electron chi connectivity index (χ1n) is 8.02. The molecule has 24 heavy (non-hydrogen) atoms. The number of fused-ring (bicyclic) bond motifs is 1. The fourth-order valence-corrected chi connectivity index (χ4v) is 3.06. The Morgan fingerprint density at radius 3 is 2.79 bits per heavy atom. The minimum Gasteiger partial charge on any atom is -0.492 e. The maximum absolute atomic E-state index is 11.5. The van der Waals surface area contributed by atoms with Gasteiger partial charge in [-0.25, -0.2) is 0 Å². The lowest BCUT2D eigenvalue weighted by atomic mass is 9.92. The molecule has 2 N–H and O–H groups in total. The van der Waals surface area contributed by atoms with Crippen LogP contribution in [0.5, 0.6) is 5.75 Å². The summed E-state index contributed by atoms with van der Waals surface area (Å²) >= 11 is 0. The van der Waals surface area contributed by atoms with E-state index in [-0.39, 0.29) is 12.5 Å². The molecule has 0 aliphatic carbocycles. The van der Waals surface area contributed by atoms with E-state index in [0.717, 1.165) is 40.0 Å². The maximum Gasteiger partial charge on any atom is 0.243 e. The summed E-state index contributed by atoms with van der Waals surface area (Å²) < 4.78 is 5.84. The van der Waals surface area contributed by atoms with Crippen LogP contribution in [0, 0.1) is 6.92 Å². The molecule has 2 aromatic carbocycles. The first-order valence-corrected chi connectivity index (χ1v) is 8.02. The number of benzene rings is 2. The van der Waals surface area contributed by atoms with E-state index in [1.54, 1.807) is 0 Å². The highest BCUT2D eigenvalue weighted by molar-refractivity contribution is 5.87. The van der Waals surface area contributed by atoms with E-state index in [4.69, 9.17) is 4.74 Å². The molecule has 124 valence electrons. The summed E-state index contributed by atoms with van der Waals surface area (Å²) in [7, 11) is 0. The van der Waals surface area contributed by atoms with Crippen LogP contribution in [0.3, 0.4) is 0 Å². The van der Waals surface area contributed by atoms with Gasteiger partial charge in [0, 0.05) is 24.1 Å². The Bertz CT molecular complexity index is 778. The Hall–Kier alpha value is -2.59. The second-order valence-electron chi connectivity index (χ2n) is 5.91. The summed E-state index contributed by atoms with van der Waals surface area (Å²) in [5, 5.41) is 12.6. The molecule has 0 saturated carbocycles. The van der Waals surface area contributed by atoms with E-state index >= 15 is 0 Å². The number of nitrogens with one attached hydrogen (secondary N) is 1. The molecule has 0 bridgehead atoms. The van der Waals surface area contributed by atoms with Crippen molar-refractivity contribution in [2.75, 3.05) is 6.61 Å². The maximum atomic E-state index is 11.5. The number of hydrogen-bond donors (Lipinski definition) is 2. The molecular weight excluding hydrogens is 302 g/mol. The van der Waals surface area contributed by atoms with Gasteiger partial charge in [-0.2, -0.15) is 0 Å². The molecule has 0 aromatic heterocycles. The molecule has 3 rings (SSSR count). The largest absolute Gasteiger partial charge is 0.492 e. The summed E-state index contributed by atoms with van der Waals surface area (Å²) in [4.78, 5) is 11.5. The van der Waals surface area contributed by atoms with Gasteiger partial charge in [-0.15, -0.1) is 0 Å². The van der Waals surface area contributed by atoms with E-state index in [9.17, 15) is 9.90 Å². The van der Waals surface area contributed by atoms with Gasteiger partial charge in [-0.05, 0) is 35.8 Å². The molecule has 1 amide bonds. The van der Waals surface area contributed by atoms with Crippen LogP contribution >= 0.6 is 0 Å². The number of hydrogen-bond acceptors (Lipinski definition) is 3. The lowest BCUT2D eigenvalue weighted by Gasteiger charge is -2.17. The van der Waals surface area contributed by atoms with Crippen LogP contribution in [-0.2, 0) is 24.4 Å². The van der Waals surface area contributed by atoms with Gasteiger partial charge in [-0.1, -0.05) is 36.4 Å². The van der Waals surface area contributed by atoms with Crippen molar-refractivity contribution in [3.8, 4) is 16.9 Å². The molecule has 1 heterocycles. The van der Waals surface area contributed by atoms with E-state index < -0.39 is 0 Å². The van der Waals surface area contributed by atoms with Gasteiger partial charge in [0.25, 0.3) is 0 Å². The standard InChI is InChI=1S/C20H21NO3/c1-3-19(23)21-11-15-10-17(14-6-4-13(2)5-7-14)20-16(8-9-24-20)18(15)12-22/h3-7,10,22H,1,8-9,11-12H2,2H3,(H,21,23). The molecule has 4 nitrogen and oxygen atoms in total. The third kappa shape index (κ3) is 3.05. The van der Waals surface area contributed by atoms with E-state index in [1.807, 2.05) is 6.07 Å². The predicted molar refractivity (Wildman–Crippen MR) is 93.8 cm³/mol. The highest BCUT2D eigenvalue weighted by Crippen LogP contribution is 2.40. The number of carbonyl (C=O) groups excluding carboxylic acids is 1. The molecule has 0 fully saturated rings. The predicted octanol–water partition coefficient (Wildman–Crippen LogP) is 2.89. The zero-order valence-corrected chi connectivity index (χ0v) is 13.8. The average molecular weight is 323 g/mol. The summed E-state index contributed by atoms with van der Waals surface area (Å²) in [6, 6.07) is 10.3. The number of rotatable bonds is 5. The smallest absolute Gasteiger partial charge is 0.243 e. The number of aliphatic hydroxyl groups is 1. The molecular formula is C20H21NO3. The van der Waals surface area contributed by atoms with Crippen LogP contribution in [-0.4, -0.2) is 17.6 Å². The van der Waals surface area contributed by atoms with Gasteiger partial charge < -0.3 is 15.2 Å². The molecule has 0 atom stereocenters. The Kier molecular flexibility index (Phi) is 4.67. The van der Waals surface area contributed by atoms with Crippen LogP contribution in [0.25, 0.3) is 11.1 Å². The van der Waals surface area contributed by atoms with Crippen molar-refractivity contribution in [3.63, 3.8) is 0 Å². The second kappa shape index (κ2) is 6.89. The number of amides is 1. The lowest BCUT2D eigenvalue weighted by molar-refractivity contribution is -0.116. The molecule has 0 unspecified atom stereocenters. The second-order valence-corrected chi connectivity index (χ2v) is 5.91. The Morgan fingerprint density at radius 1 is 1.38 bits per heavy atom. The molecule has 0 saturated heterocycles. The van der Waals surface area contributed by atoms with Crippen molar-refractivity contribution in [2.24, 2.45) is 0 Å². The number of carbonyl (C=O) groups is 1. The number of aliphatic hydroxyl groups excluding tert-OH is 1. The van der Waals surface area contributed by atoms with Crippen molar-refractivity contribution in [3.05, 3.63) is 65.2 Å². The van der Waals surface area contributed by atoms with Gasteiger partial charge in [0.15, 0.2) is 0 Å². The van der Waals surface area contributed by atoms with Crippen molar-refractivity contribution < 1.29 is 14.6 Å². The summed E-state index contributed by atoms with van der Waals surface area (Å²) in [6.07, 6.45) is 2.02. The van der Waals surface area contributed by atoms with Gasteiger partial charge in [0.2, 0.25) is 5.91 Å². The minimum atomic E-state index is -0.229. The zero-order valence-electron chi connectivity index (χ0n) is 13.8. The quantitative estimate of drug-likeness (QED) is 0.832. The van der Waals surface area contributed by atoms with Crippen molar-refractivity contribution in [1.82, 2.24) is 5.32 Å². The van der Waals surface area contributed by atoms with Crippen molar-refractivity contribution in [2.45, 2.75) is 26.5 Å². The van der Waals surface area contributed by atoms with E-state index in [1.165, 1.54) is 11.6 Å². The normalized spacial score (nSPS) is 12.4. The van der Waals surface area contributed by atoms with Gasteiger partial charge in [0.05, 0.1) is 13.2 Å². The molecule has 1 aliphatic heterocycles. The van der Waals surface area contributed by atoms with Gasteiger partial charge in [-0.3, -0.25) is 4.79 Å². The summed E-state index contributed by atoms with van der Waals surface area (Å²) in [5.74, 6) is 0.620. The molecule has 0 radical (unpaired) electrons. The summed E-state index contributed by atoms with van der Waals surface area (Å²) in [6.45, 7) is 6.42. The monoisotopic (exact) mass is 323 g/mol. The van der Waals surface area contributed by atoms with Crippen LogP contribution in [0.4, 0.5) is 0 Å². The lowest BCUT2D eigenvalue weighted by Crippen LogP contribution is -2.21. The highest BCUT2D eigenvalue weighted by atomic mass is 16.5. The topological polar surface area (TPSA) is 58.6 Å². The number of ether oxygens (including phenoxy) is 1. The first-order chi connectivity index (χ1) is 11.6. The zero-order chi connectivity index (χ0) is 17.1. The van der Waals surface area contributed by atoms with Crippen LogP contribution in [0.1, 0.15) is 22.3 Å².